The molecule has 2 rings (SSSR count). The Morgan fingerprint density at radius 3 is 2.91 bits per heavy atom. The molecule has 0 radical (unpaired) electrons. The Morgan fingerprint density at radius 1 is 1.64 bits per heavy atom. The lowest BCUT2D eigenvalue weighted by Gasteiger charge is -2.22. The molecule has 1 aromatic rings. The molecule has 0 aromatic carbocycles. The van der Waals surface area contributed by atoms with Crippen molar-refractivity contribution in [1.29, 1.82) is 0 Å². The summed E-state index contributed by atoms with van der Waals surface area (Å²) in [7, 11) is 0. The fourth-order valence-electron chi connectivity index (χ4n) is 1.28. The van der Waals surface area contributed by atoms with Crippen LogP contribution in [0.5, 0.6) is 0 Å². The average Bonchev–Trinajstić information content (AvgIpc) is 2.32. The molecule has 0 atom stereocenters. The van der Waals surface area contributed by atoms with Gasteiger partial charge in [-0.2, -0.15) is 0 Å². The van der Waals surface area contributed by atoms with E-state index >= 15 is 0 Å². The van der Waals surface area contributed by atoms with Gasteiger partial charge in [-0.3, -0.25) is 4.79 Å². The molecule has 1 heterocycles. The molecule has 0 aliphatic heterocycles. The maximum atomic E-state index is 11.4. The maximum Gasteiger partial charge on any atom is 0.183 e. The molecule has 0 saturated heterocycles. The van der Waals surface area contributed by atoms with Crippen LogP contribution < -0.4 is 0 Å². The van der Waals surface area contributed by atoms with Crippen molar-refractivity contribution in [2.45, 2.75) is 19.3 Å². The number of nitrogens with zero attached hydrogens (tertiary/aromatic N) is 1. The highest BCUT2D eigenvalue weighted by molar-refractivity contribution is 5.96. The highest BCUT2D eigenvalue weighted by Crippen LogP contribution is 2.28. The monoisotopic (exact) mass is 150 g/mol. The third kappa shape index (κ3) is 1.06. The zero-order chi connectivity index (χ0) is 7.68. The summed E-state index contributed by atoms with van der Waals surface area (Å²) in [6.45, 7) is 0. The normalized spacial score (nSPS) is 17.8. The predicted octanol–water partition coefficient (Wildman–Crippen LogP) is 1.39. The molecule has 0 unspecified atom stereocenters. The summed E-state index contributed by atoms with van der Waals surface area (Å²) in [6, 6.07) is 0. The van der Waals surface area contributed by atoms with Crippen LogP contribution in [-0.2, 0) is 0 Å². The summed E-state index contributed by atoms with van der Waals surface area (Å²) < 4.78 is 0. The summed E-state index contributed by atoms with van der Waals surface area (Å²) in [5, 5.41) is 0. The predicted molar refractivity (Wildman–Crippen MR) is 40.3 cm³/mol. The van der Waals surface area contributed by atoms with Crippen molar-refractivity contribution in [2.75, 3.05) is 0 Å². The zero-order valence-electron chi connectivity index (χ0n) is 6.21. The highest BCUT2D eigenvalue weighted by atomic mass is 16.1. The van der Waals surface area contributed by atoms with E-state index in [1.807, 2.05) is 0 Å². The van der Waals surface area contributed by atoms with E-state index in [1.54, 1.807) is 12.5 Å². The maximum absolute atomic E-state index is 11.4. The zero-order valence-corrected chi connectivity index (χ0v) is 6.21. The van der Waals surface area contributed by atoms with E-state index in [0.717, 1.165) is 12.8 Å². The third-order valence-electron chi connectivity index (χ3n) is 2.24. The second kappa shape index (κ2) is 2.49. The Bertz CT molecular complexity index is 249. The van der Waals surface area contributed by atoms with Crippen LogP contribution in [0, 0.1) is 5.92 Å². The number of ketones is 1. The van der Waals surface area contributed by atoms with Crippen LogP contribution in [0.3, 0.4) is 0 Å². The molecule has 11 heavy (non-hydrogen) atoms. The van der Waals surface area contributed by atoms with Crippen molar-refractivity contribution in [3.8, 4) is 0 Å². The number of hydrogen-bond donors (Lipinski definition) is 1. The third-order valence-corrected chi connectivity index (χ3v) is 2.24. The van der Waals surface area contributed by atoms with Gasteiger partial charge in [0, 0.05) is 5.92 Å². The second-order valence-electron chi connectivity index (χ2n) is 2.96. The Labute approximate surface area is 64.8 Å². The topological polar surface area (TPSA) is 45.8 Å². The Morgan fingerprint density at radius 2 is 2.45 bits per heavy atom. The molecule has 3 nitrogen and oxygen atoms in total. The lowest BCUT2D eigenvalue weighted by molar-refractivity contribution is 0.0850. The van der Waals surface area contributed by atoms with Crippen molar-refractivity contribution in [3.63, 3.8) is 0 Å². The first-order chi connectivity index (χ1) is 5.38. The van der Waals surface area contributed by atoms with Crippen molar-refractivity contribution in [3.05, 3.63) is 18.2 Å². The summed E-state index contributed by atoms with van der Waals surface area (Å²) in [6.07, 6.45) is 6.45. The molecule has 0 amide bonds. The largest absolute Gasteiger partial charge is 0.342 e. The molecule has 1 N–H and O–H groups in total. The molecule has 0 spiro atoms. The Balaban J connectivity index is 2.10. The van der Waals surface area contributed by atoms with Gasteiger partial charge in [0.1, 0.15) is 5.69 Å². The van der Waals surface area contributed by atoms with Gasteiger partial charge in [-0.15, -0.1) is 0 Å². The van der Waals surface area contributed by atoms with E-state index in [2.05, 4.69) is 9.97 Å². The molecule has 3 heteroatoms. The number of imidazole rings is 1. The van der Waals surface area contributed by atoms with Gasteiger partial charge < -0.3 is 4.98 Å². The summed E-state index contributed by atoms with van der Waals surface area (Å²) in [5.41, 5.74) is 0.662. The molecule has 1 saturated carbocycles. The molecule has 0 bridgehead atoms. The Hall–Kier alpha value is -1.12. The van der Waals surface area contributed by atoms with Crippen LogP contribution in [0.4, 0.5) is 0 Å². The molecular formula is C8H10N2O. The number of carbonyl (C=O) groups excluding carboxylic acids is 1. The van der Waals surface area contributed by atoms with Gasteiger partial charge in [-0.1, -0.05) is 6.42 Å². The number of H-pyrrole nitrogens is 1. The highest BCUT2D eigenvalue weighted by Gasteiger charge is 2.26. The van der Waals surface area contributed by atoms with E-state index < -0.39 is 0 Å². The summed E-state index contributed by atoms with van der Waals surface area (Å²) in [5.74, 6) is 0.504. The molecule has 58 valence electrons. The van der Waals surface area contributed by atoms with Crippen molar-refractivity contribution in [1.82, 2.24) is 9.97 Å². The van der Waals surface area contributed by atoms with Gasteiger partial charge in [0.2, 0.25) is 0 Å². The van der Waals surface area contributed by atoms with Crippen LogP contribution in [0.1, 0.15) is 29.8 Å². The van der Waals surface area contributed by atoms with Gasteiger partial charge in [0.05, 0.1) is 12.5 Å². The minimum absolute atomic E-state index is 0.230. The summed E-state index contributed by atoms with van der Waals surface area (Å²) >= 11 is 0. The Kier molecular flexibility index (Phi) is 1.49. The lowest BCUT2D eigenvalue weighted by atomic mass is 9.81. The number of aromatic amines is 1. The number of aromatic nitrogens is 2. The molecule has 1 aliphatic rings. The van der Waals surface area contributed by atoms with Gasteiger partial charge in [0.15, 0.2) is 5.78 Å². The summed E-state index contributed by atoms with van der Waals surface area (Å²) in [4.78, 5) is 18.0. The van der Waals surface area contributed by atoms with E-state index in [-0.39, 0.29) is 11.7 Å². The minimum atomic E-state index is 0.230. The van der Waals surface area contributed by atoms with E-state index in [0.29, 0.717) is 5.69 Å². The van der Waals surface area contributed by atoms with Gasteiger partial charge in [0.25, 0.3) is 0 Å². The van der Waals surface area contributed by atoms with Crippen LogP contribution >= 0.6 is 0 Å². The van der Waals surface area contributed by atoms with Crippen LogP contribution in [0.15, 0.2) is 12.5 Å². The number of carbonyl (C=O) groups is 1. The first kappa shape index (κ1) is 6.58. The number of rotatable bonds is 2. The van der Waals surface area contributed by atoms with Crippen molar-refractivity contribution >= 4 is 5.78 Å². The quantitative estimate of drug-likeness (QED) is 0.647. The smallest absolute Gasteiger partial charge is 0.183 e. The average molecular weight is 150 g/mol. The number of Topliss-reactive ketones (excluding diaryl/α,β-unsaturated/α-hetero) is 1. The molecule has 1 aromatic heterocycles. The molecular weight excluding hydrogens is 140 g/mol. The van der Waals surface area contributed by atoms with Crippen LogP contribution in [-0.4, -0.2) is 15.8 Å². The first-order valence-electron chi connectivity index (χ1n) is 3.90. The van der Waals surface area contributed by atoms with Crippen molar-refractivity contribution < 1.29 is 4.79 Å². The van der Waals surface area contributed by atoms with E-state index in [9.17, 15) is 4.79 Å². The van der Waals surface area contributed by atoms with Crippen molar-refractivity contribution in [2.24, 2.45) is 5.92 Å². The van der Waals surface area contributed by atoms with Crippen LogP contribution in [0.2, 0.25) is 0 Å². The first-order valence-corrected chi connectivity index (χ1v) is 3.90. The second-order valence-corrected chi connectivity index (χ2v) is 2.96. The van der Waals surface area contributed by atoms with Gasteiger partial charge in [-0.25, -0.2) is 4.98 Å². The van der Waals surface area contributed by atoms with Crippen LogP contribution in [0.25, 0.3) is 0 Å². The fraction of sp³-hybridized carbons (Fsp3) is 0.500. The van der Waals surface area contributed by atoms with E-state index in [1.165, 1.54) is 6.42 Å². The number of nitrogens with one attached hydrogen (secondary N) is 1. The molecule has 1 fully saturated rings. The molecule has 1 aliphatic carbocycles. The standard InChI is InChI=1S/C8H10N2O/c11-8(6-2-1-3-6)7-4-9-5-10-7/h4-6H,1-3H2,(H,9,10). The van der Waals surface area contributed by atoms with Gasteiger partial charge in [-0.05, 0) is 12.8 Å². The van der Waals surface area contributed by atoms with E-state index in [4.69, 9.17) is 0 Å². The SMILES string of the molecule is O=C(c1cnc[nH]1)C1CCC1. The number of hydrogen-bond acceptors (Lipinski definition) is 2. The van der Waals surface area contributed by atoms with Gasteiger partial charge >= 0.3 is 0 Å². The fourth-order valence-corrected chi connectivity index (χ4v) is 1.28. The minimum Gasteiger partial charge on any atom is -0.342 e. The lowest BCUT2D eigenvalue weighted by Crippen LogP contribution is -2.22.